The topological polar surface area (TPSA) is 66.8 Å². The molecule has 13 heavy (non-hydrogen) atoms. The van der Waals surface area contributed by atoms with E-state index in [0.29, 0.717) is 19.7 Å². The predicted molar refractivity (Wildman–Crippen MR) is 44.2 cm³/mol. The Balaban J connectivity index is 2.40. The van der Waals surface area contributed by atoms with Gasteiger partial charge in [0, 0.05) is 26.1 Å². The third kappa shape index (κ3) is 2.42. The van der Waals surface area contributed by atoms with Crippen LogP contribution in [-0.2, 0) is 14.3 Å². The molecule has 5 nitrogen and oxygen atoms in total. The van der Waals surface area contributed by atoms with Crippen LogP contribution in [0.5, 0.6) is 0 Å². The van der Waals surface area contributed by atoms with Crippen molar-refractivity contribution in [1.82, 2.24) is 4.90 Å². The van der Waals surface area contributed by atoms with E-state index in [-0.39, 0.29) is 5.92 Å². The monoisotopic (exact) mass is 187 g/mol. The number of carbonyl (C=O) groups excluding carboxylic acids is 1. The highest BCUT2D eigenvalue weighted by Crippen LogP contribution is 2.16. The second kappa shape index (κ2) is 4.23. The number of methoxy groups -OCH3 is 1. The van der Waals surface area contributed by atoms with Crippen LogP contribution in [0.15, 0.2) is 0 Å². The highest BCUT2D eigenvalue weighted by molar-refractivity contribution is 6.31. The zero-order valence-corrected chi connectivity index (χ0v) is 7.52. The number of carbonyl (C=O) groups is 2. The summed E-state index contributed by atoms with van der Waals surface area (Å²) in [5.41, 5.74) is 0. The maximum Gasteiger partial charge on any atom is 0.394 e. The maximum atomic E-state index is 11.0. The highest BCUT2D eigenvalue weighted by Gasteiger charge is 2.29. The Morgan fingerprint density at radius 3 is 2.85 bits per heavy atom. The first kappa shape index (κ1) is 9.98. The average Bonchev–Trinajstić information content (AvgIpc) is 2.52. The number of nitrogens with zero attached hydrogens (tertiary/aromatic N) is 1. The standard InChI is InChI=1S/C8H13NO4/c1-13-5-6-2-3-9(4-6)7(10)8(11)12/h6H,2-5H2,1H3,(H,11,12). The Bertz CT molecular complexity index is 216. The minimum atomic E-state index is -1.38. The first-order valence-electron chi connectivity index (χ1n) is 4.16. The van der Waals surface area contributed by atoms with E-state index in [1.807, 2.05) is 0 Å². The molecule has 0 saturated carbocycles. The fraction of sp³-hybridized carbons (Fsp3) is 0.750. The summed E-state index contributed by atoms with van der Waals surface area (Å²) in [5, 5.41) is 8.44. The summed E-state index contributed by atoms with van der Waals surface area (Å²) < 4.78 is 4.93. The largest absolute Gasteiger partial charge is 0.474 e. The maximum absolute atomic E-state index is 11.0. The van der Waals surface area contributed by atoms with E-state index in [1.54, 1.807) is 7.11 Å². The van der Waals surface area contributed by atoms with Gasteiger partial charge >= 0.3 is 11.9 Å². The minimum Gasteiger partial charge on any atom is -0.474 e. The summed E-state index contributed by atoms with van der Waals surface area (Å²) in [6, 6.07) is 0. The second-order valence-electron chi connectivity index (χ2n) is 3.17. The van der Waals surface area contributed by atoms with Crippen LogP contribution >= 0.6 is 0 Å². The number of hydrogen-bond donors (Lipinski definition) is 1. The molecule has 1 unspecified atom stereocenters. The Hall–Kier alpha value is -1.10. The van der Waals surface area contributed by atoms with E-state index in [9.17, 15) is 9.59 Å². The van der Waals surface area contributed by atoms with E-state index in [0.717, 1.165) is 6.42 Å². The lowest BCUT2D eigenvalue weighted by molar-refractivity contribution is -0.155. The summed E-state index contributed by atoms with van der Waals surface area (Å²) in [6.45, 7) is 1.61. The molecule has 1 aliphatic rings. The third-order valence-corrected chi connectivity index (χ3v) is 2.16. The summed E-state index contributed by atoms with van der Waals surface area (Å²) in [4.78, 5) is 22.7. The van der Waals surface area contributed by atoms with Crippen LogP contribution in [-0.4, -0.2) is 48.7 Å². The fourth-order valence-corrected chi connectivity index (χ4v) is 1.52. The molecule has 0 aliphatic carbocycles. The van der Waals surface area contributed by atoms with Gasteiger partial charge in [0.15, 0.2) is 0 Å². The number of amides is 1. The van der Waals surface area contributed by atoms with Crippen LogP contribution < -0.4 is 0 Å². The van der Waals surface area contributed by atoms with Crippen molar-refractivity contribution in [2.24, 2.45) is 5.92 Å². The number of rotatable bonds is 2. The zero-order chi connectivity index (χ0) is 9.84. The second-order valence-corrected chi connectivity index (χ2v) is 3.17. The number of carboxylic acids is 1. The smallest absolute Gasteiger partial charge is 0.394 e. The quantitative estimate of drug-likeness (QED) is 0.595. The molecule has 0 aromatic rings. The molecule has 1 rings (SSSR count). The molecule has 1 fully saturated rings. The Morgan fingerprint density at radius 1 is 1.62 bits per heavy atom. The van der Waals surface area contributed by atoms with Gasteiger partial charge in [0.25, 0.3) is 0 Å². The molecule has 1 atom stereocenters. The van der Waals surface area contributed by atoms with Crippen LogP contribution in [0.2, 0.25) is 0 Å². The van der Waals surface area contributed by atoms with Gasteiger partial charge in [-0.15, -0.1) is 0 Å². The molecule has 1 saturated heterocycles. The fourth-order valence-electron chi connectivity index (χ4n) is 1.52. The SMILES string of the molecule is COCC1CCN(C(=O)C(=O)O)C1. The summed E-state index contributed by atoms with van der Waals surface area (Å²) in [7, 11) is 1.60. The normalized spacial score (nSPS) is 21.9. The van der Waals surface area contributed by atoms with Gasteiger partial charge < -0.3 is 14.7 Å². The summed E-state index contributed by atoms with van der Waals surface area (Å²) >= 11 is 0. The van der Waals surface area contributed by atoms with Crippen LogP contribution in [0.25, 0.3) is 0 Å². The lowest BCUT2D eigenvalue weighted by Gasteiger charge is -2.12. The molecule has 5 heteroatoms. The Kier molecular flexibility index (Phi) is 3.25. The molecule has 0 aromatic heterocycles. The first-order chi connectivity index (χ1) is 6.15. The molecule has 1 N–H and O–H groups in total. The van der Waals surface area contributed by atoms with Crippen molar-refractivity contribution in [2.45, 2.75) is 6.42 Å². The zero-order valence-electron chi connectivity index (χ0n) is 7.52. The molecule has 0 spiro atoms. The van der Waals surface area contributed by atoms with E-state index < -0.39 is 11.9 Å². The molecule has 1 heterocycles. The lowest BCUT2D eigenvalue weighted by atomic mass is 10.1. The van der Waals surface area contributed by atoms with Gasteiger partial charge in [0.1, 0.15) is 0 Å². The molecular weight excluding hydrogens is 174 g/mol. The van der Waals surface area contributed by atoms with Crippen molar-refractivity contribution in [1.29, 1.82) is 0 Å². The number of aliphatic carboxylic acids is 1. The van der Waals surface area contributed by atoms with E-state index >= 15 is 0 Å². The molecule has 0 bridgehead atoms. The molecule has 0 aromatic carbocycles. The van der Waals surface area contributed by atoms with Crippen LogP contribution in [0.4, 0.5) is 0 Å². The van der Waals surface area contributed by atoms with Crippen molar-refractivity contribution in [3.05, 3.63) is 0 Å². The Morgan fingerprint density at radius 2 is 2.31 bits per heavy atom. The van der Waals surface area contributed by atoms with Crippen LogP contribution in [0.3, 0.4) is 0 Å². The minimum absolute atomic E-state index is 0.285. The van der Waals surface area contributed by atoms with Gasteiger partial charge in [0.2, 0.25) is 0 Å². The van der Waals surface area contributed by atoms with Gasteiger partial charge in [-0.2, -0.15) is 0 Å². The molecular formula is C8H13NO4. The van der Waals surface area contributed by atoms with E-state index in [1.165, 1.54) is 4.90 Å². The van der Waals surface area contributed by atoms with Gasteiger partial charge in [-0.3, -0.25) is 4.79 Å². The predicted octanol–water partition coefficient (Wildman–Crippen LogP) is -0.434. The molecule has 74 valence electrons. The number of likely N-dealkylation sites (tertiary alicyclic amines) is 1. The average molecular weight is 187 g/mol. The van der Waals surface area contributed by atoms with E-state index in [4.69, 9.17) is 9.84 Å². The summed E-state index contributed by atoms with van der Waals surface area (Å²) in [6.07, 6.45) is 0.826. The highest BCUT2D eigenvalue weighted by atomic mass is 16.5. The van der Waals surface area contributed by atoms with Crippen molar-refractivity contribution in [3.8, 4) is 0 Å². The van der Waals surface area contributed by atoms with Gasteiger partial charge in [0.05, 0.1) is 6.61 Å². The van der Waals surface area contributed by atoms with Crippen molar-refractivity contribution < 1.29 is 19.4 Å². The first-order valence-corrected chi connectivity index (χ1v) is 4.16. The van der Waals surface area contributed by atoms with E-state index in [2.05, 4.69) is 0 Å². The van der Waals surface area contributed by atoms with Gasteiger partial charge in [-0.25, -0.2) is 4.79 Å². The van der Waals surface area contributed by atoms with Crippen molar-refractivity contribution in [2.75, 3.05) is 26.8 Å². The van der Waals surface area contributed by atoms with Crippen LogP contribution in [0, 0.1) is 5.92 Å². The summed E-state index contributed by atoms with van der Waals surface area (Å²) in [5.74, 6) is -1.90. The molecule has 1 amide bonds. The van der Waals surface area contributed by atoms with Crippen molar-refractivity contribution in [3.63, 3.8) is 0 Å². The third-order valence-electron chi connectivity index (χ3n) is 2.16. The number of ether oxygens (including phenoxy) is 1. The molecule has 0 radical (unpaired) electrons. The lowest BCUT2D eigenvalue weighted by Crippen LogP contribution is -2.34. The van der Waals surface area contributed by atoms with Crippen LogP contribution in [0.1, 0.15) is 6.42 Å². The molecule has 1 aliphatic heterocycles. The Labute approximate surface area is 76.3 Å². The van der Waals surface area contributed by atoms with Gasteiger partial charge in [-0.1, -0.05) is 0 Å². The number of carboxylic acid groups (broad SMARTS) is 1. The van der Waals surface area contributed by atoms with Crippen molar-refractivity contribution >= 4 is 11.9 Å². The van der Waals surface area contributed by atoms with Gasteiger partial charge in [-0.05, 0) is 6.42 Å². The number of hydrogen-bond acceptors (Lipinski definition) is 3.